The topological polar surface area (TPSA) is 53.5 Å². The van der Waals surface area contributed by atoms with Crippen molar-refractivity contribution in [1.82, 2.24) is 0 Å². The van der Waals surface area contributed by atoms with E-state index in [0.717, 1.165) is 11.4 Å². The van der Waals surface area contributed by atoms with Gasteiger partial charge in [0.05, 0.1) is 5.69 Å². The number of halogens is 1. The third-order valence-corrected chi connectivity index (χ3v) is 3.09. The van der Waals surface area contributed by atoms with E-state index in [0.29, 0.717) is 0 Å². The number of hydrazone groups is 1. The lowest BCUT2D eigenvalue weighted by atomic mass is 10.2. The Hall–Kier alpha value is -2.14. The molecule has 5 heteroatoms. The Morgan fingerprint density at radius 3 is 2.30 bits per heavy atom. The number of rotatable bonds is 4. The molecule has 0 aliphatic carbocycles. The lowest BCUT2D eigenvalue weighted by molar-refractivity contribution is -0.110. The van der Waals surface area contributed by atoms with Crippen LogP contribution in [0.15, 0.2) is 59.7 Å². The van der Waals surface area contributed by atoms with Gasteiger partial charge in [-0.15, -0.1) is 0 Å². The van der Waals surface area contributed by atoms with Crippen LogP contribution in [-0.4, -0.2) is 10.5 Å². The van der Waals surface area contributed by atoms with E-state index < -0.39 is 0 Å². The number of nitrogens with one attached hydrogen (secondary N) is 2. The van der Waals surface area contributed by atoms with E-state index in [-0.39, 0.29) is 10.5 Å². The first-order chi connectivity index (χ1) is 9.65. The van der Waals surface area contributed by atoms with Crippen molar-refractivity contribution in [2.45, 2.75) is 6.92 Å². The zero-order valence-corrected chi connectivity index (χ0v) is 12.5. The molecule has 102 valence electrons. The second-order valence-electron chi connectivity index (χ2n) is 4.20. The molecular weight excluding hydrogens is 318 g/mol. The van der Waals surface area contributed by atoms with Crippen LogP contribution in [-0.2, 0) is 4.79 Å². The third kappa shape index (κ3) is 4.20. The molecule has 0 atom stereocenters. The van der Waals surface area contributed by atoms with Crippen LogP contribution in [0.5, 0.6) is 0 Å². The lowest BCUT2D eigenvalue weighted by Gasteiger charge is -2.04. The van der Waals surface area contributed by atoms with Crippen LogP contribution in [0, 0.1) is 6.92 Å². The van der Waals surface area contributed by atoms with Gasteiger partial charge in [0.1, 0.15) is 0 Å². The van der Waals surface area contributed by atoms with Crippen LogP contribution in [0.3, 0.4) is 0 Å². The standard InChI is InChI=1S/C15H14BrN3O/c1-11-7-9-13(10-8-11)18-19-14(16)15(20)17-12-5-3-2-4-6-12/h2-10,18H,1H3,(H,17,20)/b19-14-. The number of para-hydroxylation sites is 1. The summed E-state index contributed by atoms with van der Waals surface area (Å²) in [5, 5.41) is 6.72. The number of carbonyl (C=O) groups is 1. The maximum Gasteiger partial charge on any atom is 0.283 e. The van der Waals surface area contributed by atoms with Crippen molar-refractivity contribution in [3.05, 3.63) is 60.2 Å². The normalized spacial score (nSPS) is 11.0. The fourth-order valence-corrected chi connectivity index (χ4v) is 1.68. The molecule has 0 spiro atoms. The van der Waals surface area contributed by atoms with Gasteiger partial charge < -0.3 is 5.32 Å². The number of nitrogens with zero attached hydrogens (tertiary/aromatic N) is 1. The summed E-state index contributed by atoms with van der Waals surface area (Å²) >= 11 is 3.15. The average Bonchev–Trinajstić information content (AvgIpc) is 2.47. The van der Waals surface area contributed by atoms with Crippen LogP contribution < -0.4 is 10.7 Å². The highest BCUT2D eigenvalue weighted by atomic mass is 79.9. The largest absolute Gasteiger partial charge is 0.320 e. The van der Waals surface area contributed by atoms with Gasteiger partial charge in [-0.1, -0.05) is 35.9 Å². The maximum absolute atomic E-state index is 11.9. The van der Waals surface area contributed by atoms with Gasteiger partial charge in [0.25, 0.3) is 5.91 Å². The highest BCUT2D eigenvalue weighted by Gasteiger charge is 2.07. The molecule has 0 unspecified atom stereocenters. The lowest BCUT2D eigenvalue weighted by Crippen LogP contribution is -2.19. The van der Waals surface area contributed by atoms with E-state index in [1.807, 2.05) is 61.5 Å². The van der Waals surface area contributed by atoms with Gasteiger partial charge in [-0.25, -0.2) is 0 Å². The number of amides is 1. The molecule has 2 rings (SSSR count). The highest BCUT2D eigenvalue weighted by Crippen LogP contribution is 2.10. The first-order valence-corrected chi connectivity index (χ1v) is 6.87. The summed E-state index contributed by atoms with van der Waals surface area (Å²) in [4.78, 5) is 11.9. The van der Waals surface area contributed by atoms with Gasteiger partial charge in [0, 0.05) is 5.69 Å². The summed E-state index contributed by atoms with van der Waals surface area (Å²) in [7, 11) is 0. The molecule has 0 heterocycles. The van der Waals surface area contributed by atoms with Gasteiger partial charge in [-0.05, 0) is 47.1 Å². The first-order valence-electron chi connectivity index (χ1n) is 6.07. The molecule has 0 aliphatic heterocycles. The molecule has 20 heavy (non-hydrogen) atoms. The van der Waals surface area contributed by atoms with Gasteiger partial charge >= 0.3 is 0 Å². The Labute approximate surface area is 126 Å². The smallest absolute Gasteiger partial charge is 0.283 e. The molecule has 0 radical (unpaired) electrons. The number of anilines is 2. The van der Waals surface area contributed by atoms with Gasteiger partial charge in [0.2, 0.25) is 0 Å². The predicted octanol–water partition coefficient (Wildman–Crippen LogP) is 3.75. The van der Waals surface area contributed by atoms with E-state index in [9.17, 15) is 4.79 Å². The zero-order valence-electron chi connectivity index (χ0n) is 10.9. The summed E-state index contributed by atoms with van der Waals surface area (Å²) in [6.07, 6.45) is 0. The quantitative estimate of drug-likeness (QED) is 0.662. The van der Waals surface area contributed by atoms with Crippen LogP contribution in [0.1, 0.15) is 5.56 Å². The van der Waals surface area contributed by atoms with Crippen LogP contribution in [0.4, 0.5) is 11.4 Å². The zero-order chi connectivity index (χ0) is 14.4. The van der Waals surface area contributed by atoms with Crippen LogP contribution in [0.2, 0.25) is 0 Å². The van der Waals surface area contributed by atoms with Crippen molar-refractivity contribution in [2.24, 2.45) is 5.10 Å². The number of benzene rings is 2. The summed E-state index contributed by atoms with van der Waals surface area (Å²) in [6.45, 7) is 2.01. The summed E-state index contributed by atoms with van der Waals surface area (Å²) in [5.74, 6) is -0.309. The Morgan fingerprint density at radius 2 is 1.65 bits per heavy atom. The van der Waals surface area contributed by atoms with Gasteiger partial charge in [-0.2, -0.15) is 5.10 Å². The third-order valence-electron chi connectivity index (χ3n) is 2.55. The molecule has 2 aromatic rings. The molecular formula is C15H14BrN3O. The molecule has 0 fully saturated rings. The van der Waals surface area contributed by atoms with E-state index in [1.165, 1.54) is 5.56 Å². The van der Waals surface area contributed by atoms with Crippen molar-refractivity contribution >= 4 is 37.8 Å². The van der Waals surface area contributed by atoms with Crippen molar-refractivity contribution in [3.63, 3.8) is 0 Å². The average molecular weight is 332 g/mol. The fourth-order valence-electron chi connectivity index (χ4n) is 1.50. The van der Waals surface area contributed by atoms with Gasteiger partial charge in [-0.3, -0.25) is 10.2 Å². The summed E-state index contributed by atoms with van der Waals surface area (Å²) < 4.78 is 0.182. The molecule has 2 N–H and O–H groups in total. The van der Waals surface area contributed by atoms with E-state index >= 15 is 0 Å². The van der Waals surface area contributed by atoms with Crippen molar-refractivity contribution in [2.75, 3.05) is 10.7 Å². The molecule has 1 amide bonds. The second kappa shape index (κ2) is 6.86. The minimum absolute atomic E-state index is 0.182. The minimum Gasteiger partial charge on any atom is -0.320 e. The van der Waals surface area contributed by atoms with Crippen LogP contribution in [0.25, 0.3) is 0 Å². The van der Waals surface area contributed by atoms with Crippen molar-refractivity contribution in [1.29, 1.82) is 0 Å². The Morgan fingerprint density at radius 1 is 1.00 bits per heavy atom. The maximum atomic E-state index is 11.9. The molecule has 4 nitrogen and oxygen atoms in total. The van der Waals surface area contributed by atoms with Crippen molar-refractivity contribution in [3.8, 4) is 0 Å². The summed E-state index contributed by atoms with van der Waals surface area (Å²) in [5.41, 5.74) is 5.53. The fraction of sp³-hybridized carbons (Fsp3) is 0.0667. The van der Waals surface area contributed by atoms with E-state index in [2.05, 4.69) is 31.8 Å². The SMILES string of the molecule is Cc1ccc(N/N=C(\Br)C(=O)Nc2ccccc2)cc1. The van der Waals surface area contributed by atoms with Gasteiger partial charge in [0.15, 0.2) is 4.62 Å². The van der Waals surface area contributed by atoms with E-state index in [4.69, 9.17) is 0 Å². The number of aryl methyl sites for hydroxylation is 1. The minimum atomic E-state index is -0.309. The predicted molar refractivity (Wildman–Crippen MR) is 86.2 cm³/mol. The molecule has 0 aromatic heterocycles. The molecule has 0 saturated heterocycles. The Bertz CT molecular complexity index is 609. The Balaban J connectivity index is 1.96. The Kier molecular flexibility index (Phi) is 4.90. The highest BCUT2D eigenvalue weighted by molar-refractivity contribution is 9.19. The first kappa shape index (κ1) is 14.3. The summed E-state index contributed by atoms with van der Waals surface area (Å²) in [6, 6.07) is 16.9. The number of hydrogen-bond donors (Lipinski definition) is 2. The van der Waals surface area contributed by atoms with Crippen molar-refractivity contribution < 1.29 is 4.79 Å². The number of hydrogen-bond acceptors (Lipinski definition) is 3. The molecule has 2 aromatic carbocycles. The van der Waals surface area contributed by atoms with E-state index in [1.54, 1.807) is 0 Å². The molecule has 0 saturated carbocycles. The molecule has 0 bridgehead atoms. The number of carbonyl (C=O) groups excluding carboxylic acids is 1. The monoisotopic (exact) mass is 331 g/mol. The molecule has 0 aliphatic rings. The second-order valence-corrected chi connectivity index (χ2v) is 4.95. The van der Waals surface area contributed by atoms with Crippen LogP contribution >= 0.6 is 15.9 Å².